The van der Waals surface area contributed by atoms with E-state index >= 15 is 0 Å². The van der Waals surface area contributed by atoms with Crippen LogP contribution in [0.1, 0.15) is 99.3 Å². The topological polar surface area (TPSA) is 57.5 Å². The van der Waals surface area contributed by atoms with E-state index in [1.165, 1.54) is 18.4 Å². The molecule has 0 heterocycles. The summed E-state index contributed by atoms with van der Waals surface area (Å²) in [5, 5.41) is 21.1. The maximum atomic E-state index is 12.8. The Bertz CT molecular complexity index is 832. The van der Waals surface area contributed by atoms with Crippen molar-refractivity contribution in [3.8, 4) is 0 Å². The number of rotatable bonds is 1. The summed E-state index contributed by atoms with van der Waals surface area (Å²) in [4.78, 5) is 12.8. The standard InChI is InChI=1S/C29H46O3/c1-17-9-14-29(25(31)32)16-15-27(5)21(24(29)18(17)2)7-8-23-26(4)12-11-22(30)19(3)20(26)10-13-28(23,27)6/h7,17-20,22-24,30H,8-16H2,1-6H3,(H,31,32)/t17-,18+,19?,20?,22+,23-,24+,26+,27-,28-,29+/m1/s1. The van der Waals surface area contributed by atoms with Gasteiger partial charge >= 0.3 is 5.97 Å². The Morgan fingerprint density at radius 2 is 1.66 bits per heavy atom. The van der Waals surface area contributed by atoms with Gasteiger partial charge in [0.2, 0.25) is 0 Å². The largest absolute Gasteiger partial charge is 0.481 e. The monoisotopic (exact) mass is 442 g/mol. The van der Waals surface area contributed by atoms with E-state index in [1.54, 1.807) is 0 Å². The molecule has 2 N–H and O–H groups in total. The summed E-state index contributed by atoms with van der Waals surface area (Å²) in [6, 6.07) is 0. The van der Waals surface area contributed by atoms with Crippen molar-refractivity contribution < 1.29 is 15.0 Å². The quantitative estimate of drug-likeness (QED) is 0.444. The number of aliphatic hydroxyl groups is 1. The molecule has 3 nitrogen and oxygen atoms in total. The van der Waals surface area contributed by atoms with E-state index in [0.29, 0.717) is 29.6 Å². The second-order valence-corrected chi connectivity index (χ2v) is 13.6. The van der Waals surface area contributed by atoms with Crippen molar-refractivity contribution in [1.82, 2.24) is 0 Å². The van der Waals surface area contributed by atoms with Gasteiger partial charge in [-0.1, -0.05) is 53.2 Å². The van der Waals surface area contributed by atoms with Crippen LogP contribution >= 0.6 is 0 Å². The predicted octanol–water partition coefficient (Wildman–Crippen LogP) is 6.70. The van der Waals surface area contributed by atoms with E-state index in [1.807, 2.05) is 0 Å². The molecule has 0 amide bonds. The first-order chi connectivity index (χ1) is 14.9. The molecule has 32 heavy (non-hydrogen) atoms. The summed E-state index contributed by atoms with van der Waals surface area (Å²) in [5.74, 6) is 2.31. The van der Waals surface area contributed by atoms with Crippen LogP contribution in [0, 0.1) is 57.2 Å². The lowest BCUT2D eigenvalue weighted by Crippen LogP contribution is -2.64. The summed E-state index contributed by atoms with van der Waals surface area (Å²) in [6.45, 7) is 14.6. The highest BCUT2D eigenvalue weighted by Crippen LogP contribution is 2.74. The Morgan fingerprint density at radius 1 is 0.938 bits per heavy atom. The van der Waals surface area contributed by atoms with Gasteiger partial charge in [0.05, 0.1) is 11.5 Å². The lowest BCUT2D eigenvalue weighted by molar-refractivity contribution is -0.189. The summed E-state index contributed by atoms with van der Waals surface area (Å²) in [7, 11) is 0. The van der Waals surface area contributed by atoms with Crippen LogP contribution in [0.25, 0.3) is 0 Å². The number of carboxylic acids is 1. The van der Waals surface area contributed by atoms with E-state index in [4.69, 9.17) is 0 Å². The zero-order valence-corrected chi connectivity index (χ0v) is 21.3. The third kappa shape index (κ3) is 2.61. The molecular weight excluding hydrogens is 396 g/mol. The number of carboxylic acid groups (broad SMARTS) is 1. The molecule has 180 valence electrons. The van der Waals surface area contributed by atoms with Gasteiger partial charge in [-0.15, -0.1) is 0 Å². The van der Waals surface area contributed by atoms with E-state index < -0.39 is 11.4 Å². The maximum absolute atomic E-state index is 12.8. The number of carbonyl (C=O) groups is 1. The van der Waals surface area contributed by atoms with Crippen molar-refractivity contribution >= 4 is 5.97 Å². The van der Waals surface area contributed by atoms with Crippen LogP contribution in [-0.4, -0.2) is 22.3 Å². The van der Waals surface area contributed by atoms with Crippen molar-refractivity contribution in [3.05, 3.63) is 11.6 Å². The molecule has 5 aliphatic rings. The van der Waals surface area contributed by atoms with E-state index in [9.17, 15) is 15.0 Å². The highest BCUT2D eigenvalue weighted by atomic mass is 16.4. The van der Waals surface area contributed by atoms with Crippen molar-refractivity contribution in [2.75, 3.05) is 0 Å². The average Bonchev–Trinajstić information content (AvgIpc) is 2.74. The van der Waals surface area contributed by atoms with Crippen LogP contribution < -0.4 is 0 Å². The minimum atomic E-state index is -0.551. The van der Waals surface area contributed by atoms with Crippen LogP contribution in [0.5, 0.6) is 0 Å². The highest BCUT2D eigenvalue weighted by Gasteiger charge is 2.68. The lowest BCUT2D eigenvalue weighted by Gasteiger charge is -2.70. The first-order valence-electron chi connectivity index (χ1n) is 13.5. The number of allylic oxidation sites excluding steroid dienone is 2. The molecule has 0 saturated heterocycles. The minimum Gasteiger partial charge on any atom is -0.481 e. The Balaban J connectivity index is 1.60. The molecule has 0 bridgehead atoms. The molecule has 11 atom stereocenters. The Hall–Kier alpha value is -0.830. The molecule has 4 saturated carbocycles. The van der Waals surface area contributed by atoms with Crippen molar-refractivity contribution in [1.29, 1.82) is 0 Å². The number of aliphatic hydroxyl groups excluding tert-OH is 1. The Kier molecular flexibility index (Phi) is 5.08. The zero-order valence-electron chi connectivity index (χ0n) is 21.3. The van der Waals surface area contributed by atoms with Crippen molar-refractivity contribution in [2.24, 2.45) is 57.2 Å². The Labute approximate surface area is 195 Å². The van der Waals surface area contributed by atoms with E-state index in [0.717, 1.165) is 44.9 Å². The van der Waals surface area contributed by atoms with E-state index in [-0.39, 0.29) is 28.3 Å². The van der Waals surface area contributed by atoms with Crippen molar-refractivity contribution in [3.63, 3.8) is 0 Å². The lowest BCUT2D eigenvalue weighted by atomic mass is 9.34. The van der Waals surface area contributed by atoms with Crippen LogP contribution in [0.15, 0.2) is 11.6 Å². The van der Waals surface area contributed by atoms with Gasteiger partial charge in [0.1, 0.15) is 0 Å². The smallest absolute Gasteiger partial charge is 0.310 e. The van der Waals surface area contributed by atoms with E-state index in [2.05, 4.69) is 47.6 Å². The second-order valence-electron chi connectivity index (χ2n) is 13.6. The minimum absolute atomic E-state index is 0.0954. The normalized spacial score (nSPS) is 57.3. The van der Waals surface area contributed by atoms with Gasteiger partial charge in [-0.25, -0.2) is 0 Å². The predicted molar refractivity (Wildman–Crippen MR) is 128 cm³/mol. The van der Waals surface area contributed by atoms with Crippen molar-refractivity contribution in [2.45, 2.75) is 105 Å². The molecule has 0 spiro atoms. The molecule has 0 radical (unpaired) electrons. The number of aliphatic carboxylic acids is 1. The fourth-order valence-electron chi connectivity index (χ4n) is 10.5. The molecule has 0 aromatic heterocycles. The highest BCUT2D eigenvalue weighted by molar-refractivity contribution is 5.76. The van der Waals surface area contributed by atoms with Crippen LogP contribution in [0.2, 0.25) is 0 Å². The third-order valence-corrected chi connectivity index (χ3v) is 13.0. The molecule has 5 rings (SSSR count). The van der Waals surface area contributed by atoms with Gasteiger partial charge in [0, 0.05) is 0 Å². The van der Waals surface area contributed by atoms with Gasteiger partial charge < -0.3 is 10.2 Å². The van der Waals surface area contributed by atoms with Gasteiger partial charge in [-0.3, -0.25) is 4.79 Å². The molecular formula is C29H46O3. The molecule has 5 aliphatic carbocycles. The van der Waals surface area contributed by atoms with Gasteiger partial charge in [0.15, 0.2) is 0 Å². The summed E-state index contributed by atoms with van der Waals surface area (Å²) >= 11 is 0. The fraction of sp³-hybridized carbons (Fsp3) is 0.897. The molecule has 0 aromatic carbocycles. The van der Waals surface area contributed by atoms with Crippen LogP contribution in [0.3, 0.4) is 0 Å². The van der Waals surface area contributed by atoms with Gasteiger partial charge in [-0.2, -0.15) is 0 Å². The van der Waals surface area contributed by atoms with Crippen LogP contribution in [-0.2, 0) is 4.79 Å². The average molecular weight is 443 g/mol. The van der Waals surface area contributed by atoms with Gasteiger partial charge in [0.25, 0.3) is 0 Å². The number of hydrogen-bond donors (Lipinski definition) is 2. The molecule has 3 heteroatoms. The third-order valence-electron chi connectivity index (χ3n) is 13.0. The first-order valence-corrected chi connectivity index (χ1v) is 13.5. The SMILES string of the molecule is CC1C2CC[C@]3(C)[C@H](CC=C4[C@@H]5[C@@H](C)[C@H](C)CC[C@]5(C(=O)O)CC[C@]43C)[C@@]2(C)CC[C@@H]1O. The Morgan fingerprint density at radius 3 is 2.34 bits per heavy atom. The first kappa shape index (κ1) is 22.9. The number of hydrogen-bond acceptors (Lipinski definition) is 2. The zero-order chi connectivity index (χ0) is 23.3. The molecule has 0 aliphatic heterocycles. The second kappa shape index (κ2) is 7.09. The number of fused-ring (bicyclic) bond motifs is 7. The maximum Gasteiger partial charge on any atom is 0.310 e. The fourth-order valence-corrected chi connectivity index (χ4v) is 10.5. The van der Waals surface area contributed by atoms with Crippen LogP contribution in [0.4, 0.5) is 0 Å². The summed E-state index contributed by atoms with van der Waals surface area (Å²) in [5.41, 5.74) is 1.57. The summed E-state index contributed by atoms with van der Waals surface area (Å²) in [6.07, 6.45) is 11.8. The molecule has 2 unspecified atom stereocenters. The molecule has 4 fully saturated rings. The summed E-state index contributed by atoms with van der Waals surface area (Å²) < 4.78 is 0. The van der Waals surface area contributed by atoms with Gasteiger partial charge in [-0.05, 0) is 110 Å². The molecule has 0 aromatic rings.